The predicted molar refractivity (Wildman–Crippen MR) is 598 cm³/mol. The zero-order valence-corrected chi connectivity index (χ0v) is 79.5. The van der Waals surface area contributed by atoms with Crippen molar-refractivity contribution < 1.29 is 11.3 Å². The fourth-order valence-electron chi connectivity index (χ4n) is 23.8. The molecule has 9 heterocycles. The van der Waals surface area contributed by atoms with Crippen LogP contribution in [0.25, 0.3) is 238 Å². The first kappa shape index (κ1) is 79.0. The molecule has 3 aliphatic rings. The lowest BCUT2D eigenvalue weighted by Gasteiger charge is -2.29. The predicted octanol–water partition coefficient (Wildman–Crippen LogP) is 34.7. The second-order valence-corrected chi connectivity index (χ2v) is 38.6. The molecular formula is C134H90N10O. The van der Waals surface area contributed by atoms with Gasteiger partial charge in [0, 0.05) is 139 Å². The highest BCUT2D eigenvalue weighted by atomic mass is 16.3. The largest absolute Gasteiger partial charge is 0.455 e. The average Bonchev–Trinajstić information content (AvgIpc) is 1.53. The highest BCUT2D eigenvalue weighted by Crippen LogP contribution is 2.62. The summed E-state index contributed by atoms with van der Waals surface area (Å²) in [4.78, 5) is 32.3. The monoisotopic (exact) mass is 1860 g/mol. The lowest BCUT2D eigenvalue weighted by atomic mass is 9.74. The molecule has 0 atom stereocenters. The van der Waals surface area contributed by atoms with E-state index in [0.717, 1.165) is 183 Å². The molecule has 27 aromatic rings. The minimum atomic E-state index is -0.521. The van der Waals surface area contributed by atoms with Crippen molar-refractivity contribution in [2.24, 2.45) is 0 Å². The standard InChI is InChI=1S/C48H30N4.C44H30N4O.C42H30N2/c1-3-14-31(15-4-1)32-16-11-19-34(30-32)52-42-25-10-8-21-37(42)43-38-22-12-28-49-45(38)46-39(23-13-29-50-46)44(43)40-27-26-36-35-20-7-9-24-41(35)51(47(36)48(40)52)33-17-5-2-6-18-33;1-44(2)33-22-12-9-19-29(33)37-31-21-11-14-24-36(31)49-40(37)32-25-26-35-38(39(32)44)30-20-10-13-23-34(30)48(35)43-46-41(27-15-5-3-6-16-27)45-42(47-43)28-17-7-4-8-18-28;1-42(2)35-20-10-8-18-32(35)40-38(33-23-22-28(25-36(33)42)27-13-4-3-5-14-27)30-16-6-7-17-31(30)39-34-19-9-11-21-37(34)44(41(39)40)29-15-12-24-43-26-29/h1-30H;3-26H,1-2H3;3-26H,1-2H3/i;;3D,4D,5D,13D,14D. The zero-order chi connectivity index (χ0) is 101. The molecule has 1 aliphatic heterocycles. The van der Waals surface area contributed by atoms with Crippen molar-refractivity contribution in [1.82, 2.24) is 43.6 Å². The van der Waals surface area contributed by atoms with Crippen LogP contribution in [0.2, 0.25) is 0 Å². The number of benzene rings is 19. The number of hydrogen-bond donors (Lipinski definition) is 0. The van der Waals surface area contributed by atoms with Crippen LogP contribution in [0.4, 0.5) is 17.1 Å². The molecule has 0 fully saturated rings. The first-order valence-electron chi connectivity index (χ1n) is 51.7. The molecule has 2 aliphatic carbocycles. The zero-order valence-electron chi connectivity index (χ0n) is 84.5. The molecule has 11 nitrogen and oxygen atoms in total. The van der Waals surface area contributed by atoms with Crippen LogP contribution < -0.4 is 4.90 Å². The second kappa shape index (κ2) is 33.5. The highest BCUT2D eigenvalue weighted by molar-refractivity contribution is 6.31. The van der Waals surface area contributed by atoms with Gasteiger partial charge < -0.3 is 18.5 Å². The lowest BCUT2D eigenvalue weighted by molar-refractivity contribution is 0.623. The normalized spacial score (nSPS) is 13.4. The molecule has 682 valence electrons. The van der Waals surface area contributed by atoms with Crippen molar-refractivity contribution in [2.75, 3.05) is 4.90 Å². The topological polar surface area (TPSA) is 109 Å². The minimum absolute atomic E-state index is 0.202. The fourth-order valence-corrected chi connectivity index (χ4v) is 23.8. The van der Waals surface area contributed by atoms with Crippen LogP contribution in [0.5, 0.6) is 0 Å². The van der Waals surface area contributed by atoms with Crippen molar-refractivity contribution in [3.05, 3.63) is 496 Å². The molecule has 0 bridgehead atoms. The number of pyridine rings is 3. The van der Waals surface area contributed by atoms with Gasteiger partial charge >= 0.3 is 0 Å². The summed E-state index contributed by atoms with van der Waals surface area (Å²) < 4.78 is 56.2. The summed E-state index contributed by atoms with van der Waals surface area (Å²) in [6.45, 7) is 9.12. The Labute approximate surface area is 843 Å². The third-order valence-electron chi connectivity index (χ3n) is 30.0. The third-order valence-corrected chi connectivity index (χ3v) is 30.0. The summed E-state index contributed by atoms with van der Waals surface area (Å²) in [5.41, 5.74) is 36.0. The van der Waals surface area contributed by atoms with Gasteiger partial charge in [-0.25, -0.2) is 4.98 Å². The Bertz CT molecular complexity index is 10200. The molecule has 0 saturated heterocycles. The fraction of sp³-hybridized carbons (Fsp3) is 0.0448. The number of aromatic nitrogens is 9. The van der Waals surface area contributed by atoms with E-state index in [9.17, 15) is 0 Å². The van der Waals surface area contributed by atoms with E-state index in [0.29, 0.717) is 23.2 Å². The van der Waals surface area contributed by atoms with E-state index in [1.54, 1.807) is 6.20 Å². The smallest absolute Gasteiger partial charge is 0.238 e. The van der Waals surface area contributed by atoms with Gasteiger partial charge in [-0.15, -0.1) is 0 Å². The van der Waals surface area contributed by atoms with Gasteiger partial charge in [0.1, 0.15) is 11.3 Å². The summed E-state index contributed by atoms with van der Waals surface area (Å²) in [5, 5.41) is 12.7. The number of furan rings is 1. The van der Waals surface area contributed by atoms with Gasteiger partial charge in [0.25, 0.3) is 0 Å². The maximum absolute atomic E-state index is 8.77. The molecule has 30 rings (SSSR count). The summed E-state index contributed by atoms with van der Waals surface area (Å²) in [5.74, 6) is 2.75. The van der Waals surface area contributed by atoms with Crippen LogP contribution in [-0.4, -0.2) is 43.6 Å². The molecule has 145 heavy (non-hydrogen) atoms. The maximum atomic E-state index is 8.77. The summed E-state index contributed by atoms with van der Waals surface area (Å²) >= 11 is 0. The maximum Gasteiger partial charge on any atom is 0.238 e. The van der Waals surface area contributed by atoms with Crippen molar-refractivity contribution in [3.8, 4) is 129 Å². The summed E-state index contributed by atoms with van der Waals surface area (Å²) in [7, 11) is 0. The van der Waals surface area contributed by atoms with E-state index in [2.05, 4.69) is 379 Å². The van der Waals surface area contributed by atoms with Gasteiger partial charge in [-0.3, -0.25) is 19.5 Å². The van der Waals surface area contributed by atoms with E-state index >= 15 is 0 Å². The van der Waals surface area contributed by atoms with Crippen LogP contribution >= 0.6 is 0 Å². The third kappa shape index (κ3) is 13.1. The number of anilines is 3. The van der Waals surface area contributed by atoms with Gasteiger partial charge in [-0.05, 0) is 175 Å². The number of nitrogens with zero attached hydrogens (tertiary/aromatic N) is 10. The van der Waals surface area contributed by atoms with Crippen molar-refractivity contribution in [1.29, 1.82) is 0 Å². The van der Waals surface area contributed by atoms with E-state index in [4.69, 9.17) is 36.2 Å². The Kier molecular flexibility index (Phi) is 18.2. The molecular weight excluding hydrogens is 1770 g/mol. The van der Waals surface area contributed by atoms with Crippen molar-refractivity contribution in [3.63, 3.8) is 0 Å². The Morgan fingerprint density at radius 2 is 0.772 bits per heavy atom. The van der Waals surface area contributed by atoms with E-state index in [1.165, 1.54) is 66.0 Å². The highest BCUT2D eigenvalue weighted by Gasteiger charge is 2.42. The Hall–Kier alpha value is -18.8. The van der Waals surface area contributed by atoms with E-state index < -0.39 is 11.5 Å². The van der Waals surface area contributed by atoms with Gasteiger partial charge in [-0.1, -0.05) is 379 Å². The summed E-state index contributed by atoms with van der Waals surface area (Å²) in [6, 6.07) is 146. The number of rotatable bonds is 8. The van der Waals surface area contributed by atoms with Crippen molar-refractivity contribution in [2.45, 2.75) is 38.5 Å². The Balaban J connectivity index is 0.000000108. The van der Waals surface area contributed by atoms with Gasteiger partial charge in [0.2, 0.25) is 5.95 Å². The number of fused-ring (bicyclic) bond motifs is 37. The molecule has 19 aromatic carbocycles. The second-order valence-electron chi connectivity index (χ2n) is 38.6. The first-order chi connectivity index (χ1) is 73.6. The van der Waals surface area contributed by atoms with Crippen molar-refractivity contribution >= 4 is 126 Å². The summed E-state index contributed by atoms with van der Waals surface area (Å²) in [6.07, 6.45) is 7.48. The number of hydrogen-bond acceptors (Lipinski definition) is 8. The van der Waals surface area contributed by atoms with Gasteiger partial charge in [0.15, 0.2) is 11.6 Å². The minimum Gasteiger partial charge on any atom is -0.455 e. The van der Waals surface area contributed by atoms with Crippen LogP contribution in [0, 0.1) is 0 Å². The Morgan fingerprint density at radius 1 is 0.283 bits per heavy atom. The Morgan fingerprint density at radius 3 is 1.46 bits per heavy atom. The average molecular weight is 1860 g/mol. The first-order valence-corrected chi connectivity index (χ1v) is 49.2. The van der Waals surface area contributed by atoms with Gasteiger partial charge in [-0.2, -0.15) is 9.97 Å². The quantitative estimate of drug-likeness (QED) is 0.138. The molecule has 0 spiro atoms. The molecule has 0 amide bonds. The molecule has 0 unspecified atom stereocenters. The van der Waals surface area contributed by atoms with Crippen LogP contribution in [0.3, 0.4) is 0 Å². The SMILES string of the molecule is CC1(C)c2ccccc2-c2c(oc3ccccc23)-c2ccc3c(c21)c1ccccc1n3-c1nc(-c2ccccc2)nc(-c2ccccc2)n1.[2H]c1c([2H])c([2H])c(-c2ccc3c(c2)C(C)(C)c2ccccc2-c2c-3c3ccccc3c3c4ccccc4n(-c4cccnc4)c23)c([2H])c1[2H].c1ccc(-c2cccc(N3c4ccccc4-c4c(c5cccnc5c5ncccc45)-c4ccc5c6ccccc6n(-c6ccccc6)c5c43)c2)cc1. The van der Waals surface area contributed by atoms with Crippen LogP contribution in [0.15, 0.2) is 478 Å². The van der Waals surface area contributed by atoms with E-state index in [-0.39, 0.29) is 35.1 Å². The number of para-hydroxylation sites is 6. The van der Waals surface area contributed by atoms with E-state index in [1.807, 2.05) is 110 Å². The van der Waals surface area contributed by atoms with Crippen LogP contribution in [0.1, 0.15) is 56.8 Å². The molecule has 11 heteroatoms. The molecule has 0 saturated carbocycles. The van der Waals surface area contributed by atoms with Crippen LogP contribution in [-0.2, 0) is 10.8 Å². The van der Waals surface area contributed by atoms with Gasteiger partial charge in [0.05, 0.1) is 74.2 Å². The molecule has 8 aromatic heterocycles. The molecule has 0 N–H and O–H groups in total. The molecule has 0 radical (unpaired) electrons. The lowest BCUT2D eigenvalue weighted by Crippen LogP contribution is -2.20.